The predicted molar refractivity (Wildman–Crippen MR) is 69.0 cm³/mol. The molecule has 0 saturated carbocycles. The Morgan fingerprint density at radius 1 is 1.32 bits per heavy atom. The number of ether oxygens (including phenoxy) is 1. The van der Waals surface area contributed by atoms with Crippen LogP contribution in [-0.2, 0) is 13.0 Å². The maximum Gasteiger partial charge on any atom is 0.228 e. The molecule has 0 unspecified atom stereocenters. The van der Waals surface area contributed by atoms with E-state index in [1.165, 1.54) is 0 Å². The van der Waals surface area contributed by atoms with Gasteiger partial charge < -0.3 is 14.2 Å². The van der Waals surface area contributed by atoms with Gasteiger partial charge in [-0.3, -0.25) is 0 Å². The summed E-state index contributed by atoms with van der Waals surface area (Å²) in [4.78, 5) is 14.6. The Morgan fingerprint density at radius 3 is 2.84 bits per heavy atom. The Hall–Kier alpha value is -2.18. The van der Waals surface area contributed by atoms with E-state index in [9.17, 15) is 0 Å². The molecule has 0 spiro atoms. The number of aromatic nitrogens is 4. The largest absolute Gasteiger partial charge is 0.478 e. The molecule has 2 aromatic rings. The zero-order chi connectivity index (χ0) is 13.7. The van der Waals surface area contributed by atoms with E-state index in [4.69, 9.17) is 9.26 Å². The highest BCUT2D eigenvalue weighted by atomic mass is 16.5. The van der Waals surface area contributed by atoms with Gasteiger partial charge in [-0.15, -0.1) is 0 Å². The minimum Gasteiger partial charge on any atom is -0.478 e. The predicted octanol–water partition coefficient (Wildman–Crippen LogP) is 1.46. The van der Waals surface area contributed by atoms with E-state index < -0.39 is 0 Å². The van der Waals surface area contributed by atoms with Crippen molar-refractivity contribution in [1.29, 1.82) is 0 Å². The van der Waals surface area contributed by atoms with Gasteiger partial charge in [0.1, 0.15) is 0 Å². The molecule has 7 heteroatoms. The number of hydrogen-bond donors (Lipinski definition) is 0. The average Bonchev–Trinajstić information content (AvgIpc) is 2.87. The van der Waals surface area contributed by atoms with Crippen molar-refractivity contribution in [2.24, 2.45) is 0 Å². The molecule has 19 heavy (non-hydrogen) atoms. The fraction of sp³-hybridized carbons (Fsp3) is 0.500. The smallest absolute Gasteiger partial charge is 0.228 e. The van der Waals surface area contributed by atoms with Crippen molar-refractivity contribution in [2.45, 2.75) is 26.8 Å². The average molecular weight is 263 g/mol. The highest BCUT2D eigenvalue weighted by Crippen LogP contribution is 2.13. The summed E-state index contributed by atoms with van der Waals surface area (Å²) in [5.41, 5.74) is 0. The van der Waals surface area contributed by atoms with Crippen LogP contribution in [0.2, 0.25) is 0 Å². The second-order valence-corrected chi connectivity index (χ2v) is 3.94. The summed E-state index contributed by atoms with van der Waals surface area (Å²) in [7, 11) is 1.87. The van der Waals surface area contributed by atoms with Crippen molar-refractivity contribution in [2.75, 3.05) is 18.6 Å². The van der Waals surface area contributed by atoms with Crippen molar-refractivity contribution >= 4 is 5.95 Å². The standard InChI is InChI=1S/C12H17N5O2/c1-4-10-14-9(16-19-10)8-17(3)12-13-7-6-11(15-12)18-5-2/h6-7H,4-5,8H2,1-3H3. The van der Waals surface area contributed by atoms with Gasteiger partial charge in [-0.25, -0.2) is 4.98 Å². The van der Waals surface area contributed by atoms with Crippen LogP contribution in [0.5, 0.6) is 5.88 Å². The molecular formula is C12H17N5O2. The first-order chi connectivity index (χ1) is 9.22. The van der Waals surface area contributed by atoms with Crippen LogP contribution >= 0.6 is 0 Å². The molecule has 2 rings (SSSR count). The molecule has 0 aliphatic heterocycles. The zero-order valence-electron chi connectivity index (χ0n) is 11.3. The molecule has 0 fully saturated rings. The Balaban J connectivity index is 2.06. The van der Waals surface area contributed by atoms with Crippen LogP contribution in [-0.4, -0.2) is 33.8 Å². The molecule has 0 aliphatic rings. The maximum atomic E-state index is 5.34. The Kier molecular flexibility index (Phi) is 4.27. The van der Waals surface area contributed by atoms with Gasteiger partial charge >= 0.3 is 0 Å². The van der Waals surface area contributed by atoms with Crippen LogP contribution in [0.25, 0.3) is 0 Å². The van der Waals surface area contributed by atoms with E-state index in [0.29, 0.717) is 36.7 Å². The lowest BCUT2D eigenvalue weighted by Gasteiger charge is -2.15. The molecule has 2 aromatic heterocycles. The second kappa shape index (κ2) is 6.12. The summed E-state index contributed by atoms with van der Waals surface area (Å²) in [6, 6.07) is 1.73. The molecule has 102 valence electrons. The summed E-state index contributed by atoms with van der Waals surface area (Å²) >= 11 is 0. The van der Waals surface area contributed by atoms with Gasteiger partial charge in [0.15, 0.2) is 5.82 Å². The van der Waals surface area contributed by atoms with E-state index in [0.717, 1.165) is 6.42 Å². The number of anilines is 1. The number of rotatable bonds is 6. The van der Waals surface area contributed by atoms with Crippen LogP contribution in [0.3, 0.4) is 0 Å². The van der Waals surface area contributed by atoms with Gasteiger partial charge in [-0.2, -0.15) is 9.97 Å². The third kappa shape index (κ3) is 3.40. The third-order valence-electron chi connectivity index (χ3n) is 2.44. The van der Waals surface area contributed by atoms with Crippen LogP contribution in [0.15, 0.2) is 16.8 Å². The van der Waals surface area contributed by atoms with Crippen molar-refractivity contribution in [3.05, 3.63) is 24.0 Å². The van der Waals surface area contributed by atoms with Crippen LogP contribution in [0, 0.1) is 0 Å². The topological polar surface area (TPSA) is 77.2 Å². The van der Waals surface area contributed by atoms with E-state index in [2.05, 4.69) is 20.1 Å². The second-order valence-electron chi connectivity index (χ2n) is 3.94. The van der Waals surface area contributed by atoms with Crippen LogP contribution in [0.4, 0.5) is 5.95 Å². The molecule has 0 atom stereocenters. The lowest BCUT2D eigenvalue weighted by molar-refractivity contribution is 0.326. The molecule has 0 saturated heterocycles. The molecule has 0 aromatic carbocycles. The van der Waals surface area contributed by atoms with Crippen molar-refractivity contribution < 1.29 is 9.26 Å². The first-order valence-corrected chi connectivity index (χ1v) is 6.21. The van der Waals surface area contributed by atoms with Crippen LogP contribution in [0.1, 0.15) is 25.6 Å². The lowest BCUT2D eigenvalue weighted by Crippen LogP contribution is -2.20. The Morgan fingerprint density at radius 2 is 2.16 bits per heavy atom. The monoisotopic (exact) mass is 263 g/mol. The SMILES string of the molecule is CCOc1ccnc(N(C)Cc2noc(CC)n2)n1. The van der Waals surface area contributed by atoms with Crippen molar-refractivity contribution in [3.63, 3.8) is 0 Å². The summed E-state index contributed by atoms with van der Waals surface area (Å²) in [5, 5.41) is 3.90. The highest BCUT2D eigenvalue weighted by molar-refractivity contribution is 5.30. The van der Waals surface area contributed by atoms with E-state index in [1.54, 1.807) is 12.3 Å². The van der Waals surface area contributed by atoms with Gasteiger partial charge in [0.2, 0.25) is 17.7 Å². The molecular weight excluding hydrogens is 246 g/mol. The molecule has 0 radical (unpaired) electrons. The fourth-order valence-corrected chi connectivity index (χ4v) is 1.53. The van der Waals surface area contributed by atoms with Crippen molar-refractivity contribution in [1.82, 2.24) is 20.1 Å². The molecule has 7 nitrogen and oxygen atoms in total. The first-order valence-electron chi connectivity index (χ1n) is 6.21. The van der Waals surface area contributed by atoms with Gasteiger partial charge in [0.05, 0.1) is 13.2 Å². The van der Waals surface area contributed by atoms with Gasteiger partial charge in [0, 0.05) is 25.7 Å². The zero-order valence-corrected chi connectivity index (χ0v) is 11.3. The van der Waals surface area contributed by atoms with Crippen molar-refractivity contribution in [3.8, 4) is 5.88 Å². The number of aryl methyl sites for hydroxylation is 1. The fourth-order valence-electron chi connectivity index (χ4n) is 1.53. The molecule has 0 amide bonds. The quantitative estimate of drug-likeness (QED) is 0.780. The third-order valence-corrected chi connectivity index (χ3v) is 2.44. The highest BCUT2D eigenvalue weighted by Gasteiger charge is 2.11. The molecule has 2 heterocycles. The molecule has 0 N–H and O–H groups in total. The summed E-state index contributed by atoms with van der Waals surface area (Å²) in [6.45, 7) is 4.94. The number of nitrogens with zero attached hydrogens (tertiary/aromatic N) is 5. The minimum absolute atomic E-state index is 0.485. The van der Waals surface area contributed by atoms with E-state index >= 15 is 0 Å². The van der Waals surface area contributed by atoms with E-state index in [-0.39, 0.29) is 0 Å². The lowest BCUT2D eigenvalue weighted by atomic mass is 10.5. The van der Waals surface area contributed by atoms with Crippen LogP contribution < -0.4 is 9.64 Å². The maximum absolute atomic E-state index is 5.34. The molecule has 0 aliphatic carbocycles. The first kappa shape index (κ1) is 13.3. The number of hydrogen-bond acceptors (Lipinski definition) is 7. The molecule has 0 bridgehead atoms. The Bertz CT molecular complexity index is 528. The summed E-state index contributed by atoms with van der Waals surface area (Å²) in [6.07, 6.45) is 2.39. The summed E-state index contributed by atoms with van der Waals surface area (Å²) < 4.78 is 10.4. The van der Waals surface area contributed by atoms with Gasteiger partial charge in [-0.1, -0.05) is 12.1 Å². The van der Waals surface area contributed by atoms with Gasteiger partial charge in [0.25, 0.3) is 0 Å². The Labute approximate surface area is 111 Å². The minimum atomic E-state index is 0.485. The van der Waals surface area contributed by atoms with E-state index in [1.807, 2.05) is 25.8 Å². The normalized spacial score (nSPS) is 10.5. The van der Waals surface area contributed by atoms with Gasteiger partial charge in [-0.05, 0) is 6.92 Å². The summed E-state index contributed by atoms with van der Waals surface area (Å²) in [5.74, 6) is 2.37.